The van der Waals surface area contributed by atoms with E-state index in [0.717, 1.165) is 5.76 Å². The van der Waals surface area contributed by atoms with Gasteiger partial charge in [0.25, 0.3) is 5.91 Å². The Labute approximate surface area is 132 Å². The Hall–Kier alpha value is -2.15. The van der Waals surface area contributed by atoms with Gasteiger partial charge in [0.15, 0.2) is 10.8 Å². The zero-order valence-corrected chi connectivity index (χ0v) is 13.4. The minimum absolute atomic E-state index is 0.160. The first-order chi connectivity index (χ1) is 10.4. The Kier molecular flexibility index (Phi) is 4.97. The van der Waals surface area contributed by atoms with E-state index in [1.165, 1.54) is 11.3 Å². The van der Waals surface area contributed by atoms with Crippen molar-refractivity contribution in [1.82, 2.24) is 10.3 Å². The summed E-state index contributed by atoms with van der Waals surface area (Å²) in [5, 5.41) is 13.9. The number of amides is 1. The highest BCUT2D eigenvalue weighted by molar-refractivity contribution is 7.13. The normalized spacial score (nSPS) is 13.6. The van der Waals surface area contributed by atoms with Crippen molar-refractivity contribution in [3.05, 3.63) is 29.0 Å². The number of hydrogen-bond donors (Lipinski definition) is 2. The van der Waals surface area contributed by atoms with Crippen molar-refractivity contribution < 1.29 is 19.1 Å². The summed E-state index contributed by atoms with van der Waals surface area (Å²) in [5.74, 6) is -0.331. The second-order valence-electron chi connectivity index (χ2n) is 5.12. The Morgan fingerprint density at radius 3 is 2.73 bits per heavy atom. The molecule has 0 aliphatic rings. The first-order valence-electron chi connectivity index (χ1n) is 6.98. The molecule has 0 radical (unpaired) electrons. The monoisotopic (exact) mass is 322 g/mol. The van der Waals surface area contributed by atoms with Crippen molar-refractivity contribution in [1.29, 1.82) is 0 Å². The van der Waals surface area contributed by atoms with Gasteiger partial charge in [-0.05, 0) is 25.0 Å². The fourth-order valence-corrected chi connectivity index (χ4v) is 2.70. The van der Waals surface area contributed by atoms with Gasteiger partial charge in [0.2, 0.25) is 0 Å². The third kappa shape index (κ3) is 3.54. The van der Waals surface area contributed by atoms with E-state index in [-0.39, 0.29) is 11.6 Å². The molecule has 2 N–H and O–H groups in total. The van der Waals surface area contributed by atoms with Crippen molar-refractivity contribution >= 4 is 23.2 Å². The maximum Gasteiger partial charge on any atom is 0.326 e. The summed E-state index contributed by atoms with van der Waals surface area (Å²) in [5.41, 5.74) is 0.198. The zero-order valence-electron chi connectivity index (χ0n) is 12.6. The lowest BCUT2D eigenvalue weighted by Crippen LogP contribution is -2.45. The van der Waals surface area contributed by atoms with E-state index < -0.39 is 17.9 Å². The van der Waals surface area contributed by atoms with E-state index in [4.69, 9.17) is 4.42 Å². The molecular formula is C15H18N2O4S. The molecule has 0 aliphatic heterocycles. The minimum atomic E-state index is -1.04. The first kappa shape index (κ1) is 16.2. The number of rotatable bonds is 6. The summed E-state index contributed by atoms with van der Waals surface area (Å²) < 4.78 is 5.46. The predicted octanol–water partition coefficient (Wildman–Crippen LogP) is 2.94. The van der Waals surface area contributed by atoms with E-state index in [9.17, 15) is 14.7 Å². The van der Waals surface area contributed by atoms with Crippen LogP contribution < -0.4 is 5.32 Å². The molecular weight excluding hydrogens is 304 g/mol. The fourth-order valence-electron chi connectivity index (χ4n) is 1.94. The fraction of sp³-hybridized carbons (Fsp3) is 0.400. The standard InChI is InChI=1S/C15H18N2O4S/c1-4-8(2)12(15(19)20)17-13(18)10-7-22-14(16-10)11-6-5-9(3)21-11/h5-8,12H,4H2,1-3H3,(H,17,18)(H,19,20)/t8-,12-/m0/s1. The van der Waals surface area contributed by atoms with Gasteiger partial charge in [-0.1, -0.05) is 20.3 Å². The van der Waals surface area contributed by atoms with Crippen LogP contribution in [0.3, 0.4) is 0 Å². The van der Waals surface area contributed by atoms with Gasteiger partial charge in [0, 0.05) is 5.38 Å². The maximum atomic E-state index is 12.2. The van der Waals surface area contributed by atoms with Crippen LogP contribution in [0.15, 0.2) is 21.9 Å². The third-order valence-electron chi connectivity index (χ3n) is 3.45. The average molecular weight is 322 g/mol. The van der Waals surface area contributed by atoms with Crippen LogP contribution >= 0.6 is 11.3 Å². The van der Waals surface area contributed by atoms with Gasteiger partial charge in [-0.25, -0.2) is 9.78 Å². The lowest BCUT2D eigenvalue weighted by atomic mass is 9.99. The average Bonchev–Trinajstić information content (AvgIpc) is 3.11. The van der Waals surface area contributed by atoms with Gasteiger partial charge < -0.3 is 14.8 Å². The summed E-state index contributed by atoms with van der Waals surface area (Å²) in [7, 11) is 0. The Morgan fingerprint density at radius 2 is 2.18 bits per heavy atom. The van der Waals surface area contributed by atoms with E-state index in [1.54, 1.807) is 18.4 Å². The highest BCUT2D eigenvalue weighted by Gasteiger charge is 2.26. The molecule has 2 heterocycles. The van der Waals surface area contributed by atoms with Crippen LogP contribution in [0.5, 0.6) is 0 Å². The Bertz CT molecular complexity index is 677. The topological polar surface area (TPSA) is 92.4 Å². The van der Waals surface area contributed by atoms with Crippen molar-refractivity contribution in [3.63, 3.8) is 0 Å². The molecule has 0 aromatic carbocycles. The minimum Gasteiger partial charge on any atom is -0.480 e. The lowest BCUT2D eigenvalue weighted by Gasteiger charge is -2.19. The lowest BCUT2D eigenvalue weighted by molar-refractivity contribution is -0.140. The molecule has 0 bridgehead atoms. The molecule has 2 atom stereocenters. The van der Waals surface area contributed by atoms with Crippen molar-refractivity contribution in [2.24, 2.45) is 5.92 Å². The second kappa shape index (κ2) is 6.74. The summed E-state index contributed by atoms with van der Waals surface area (Å²) in [6.45, 7) is 5.50. The largest absolute Gasteiger partial charge is 0.480 e. The third-order valence-corrected chi connectivity index (χ3v) is 4.31. The Morgan fingerprint density at radius 1 is 1.45 bits per heavy atom. The van der Waals surface area contributed by atoms with Gasteiger partial charge in [-0.2, -0.15) is 0 Å². The molecule has 0 saturated heterocycles. The quantitative estimate of drug-likeness (QED) is 0.853. The van der Waals surface area contributed by atoms with Crippen LogP contribution in [-0.2, 0) is 4.79 Å². The van der Waals surface area contributed by atoms with Gasteiger partial charge in [-0.3, -0.25) is 4.79 Å². The number of aromatic nitrogens is 1. The molecule has 118 valence electrons. The molecule has 6 nitrogen and oxygen atoms in total. The number of aryl methyl sites for hydroxylation is 1. The molecule has 0 aliphatic carbocycles. The number of aliphatic carboxylic acids is 1. The number of carbonyl (C=O) groups excluding carboxylic acids is 1. The number of carboxylic acid groups (broad SMARTS) is 1. The van der Waals surface area contributed by atoms with Gasteiger partial charge in [0.05, 0.1) is 0 Å². The van der Waals surface area contributed by atoms with Gasteiger partial charge in [-0.15, -0.1) is 11.3 Å². The number of thiazole rings is 1. The summed E-state index contributed by atoms with van der Waals surface area (Å²) in [4.78, 5) is 27.6. The molecule has 0 saturated carbocycles. The van der Waals surface area contributed by atoms with E-state index in [2.05, 4.69) is 10.3 Å². The van der Waals surface area contributed by atoms with E-state index in [1.807, 2.05) is 19.9 Å². The summed E-state index contributed by atoms with van der Waals surface area (Å²) >= 11 is 1.28. The number of carbonyl (C=O) groups is 2. The number of hydrogen-bond acceptors (Lipinski definition) is 5. The number of furan rings is 1. The maximum absolute atomic E-state index is 12.2. The number of nitrogens with one attached hydrogen (secondary N) is 1. The molecule has 7 heteroatoms. The zero-order chi connectivity index (χ0) is 16.3. The molecule has 22 heavy (non-hydrogen) atoms. The first-order valence-corrected chi connectivity index (χ1v) is 7.86. The molecule has 0 fully saturated rings. The van der Waals surface area contributed by atoms with E-state index >= 15 is 0 Å². The molecule has 2 aromatic rings. The van der Waals surface area contributed by atoms with Crippen molar-refractivity contribution in [2.45, 2.75) is 33.2 Å². The molecule has 2 aromatic heterocycles. The predicted molar refractivity (Wildman–Crippen MR) is 82.9 cm³/mol. The highest BCUT2D eigenvalue weighted by atomic mass is 32.1. The van der Waals surface area contributed by atoms with Crippen molar-refractivity contribution in [3.8, 4) is 10.8 Å². The Balaban J connectivity index is 2.13. The molecule has 0 spiro atoms. The molecule has 2 rings (SSSR count). The smallest absolute Gasteiger partial charge is 0.326 e. The highest BCUT2D eigenvalue weighted by Crippen LogP contribution is 2.25. The van der Waals surface area contributed by atoms with Crippen LogP contribution in [0.1, 0.15) is 36.5 Å². The van der Waals surface area contributed by atoms with Crippen molar-refractivity contribution in [2.75, 3.05) is 0 Å². The molecule has 0 unspecified atom stereocenters. The van der Waals surface area contributed by atoms with E-state index in [0.29, 0.717) is 17.2 Å². The van der Waals surface area contributed by atoms with Crippen LogP contribution in [0.25, 0.3) is 10.8 Å². The summed E-state index contributed by atoms with van der Waals surface area (Å²) in [6.07, 6.45) is 0.658. The van der Waals surface area contributed by atoms with Gasteiger partial charge >= 0.3 is 5.97 Å². The number of nitrogens with zero attached hydrogens (tertiary/aromatic N) is 1. The second-order valence-corrected chi connectivity index (χ2v) is 5.98. The van der Waals surface area contributed by atoms with Crippen LogP contribution in [0.2, 0.25) is 0 Å². The van der Waals surface area contributed by atoms with Gasteiger partial charge in [0.1, 0.15) is 17.5 Å². The number of carboxylic acids is 1. The van der Waals surface area contributed by atoms with Crippen LogP contribution in [-0.4, -0.2) is 28.0 Å². The van der Waals surface area contributed by atoms with Crippen LogP contribution in [0, 0.1) is 12.8 Å². The molecule has 1 amide bonds. The van der Waals surface area contributed by atoms with Crippen LogP contribution in [0.4, 0.5) is 0 Å². The SMILES string of the molecule is CC[C@H](C)[C@H](NC(=O)c1csc(-c2ccc(C)o2)n1)C(=O)O. The summed E-state index contributed by atoms with van der Waals surface area (Å²) in [6, 6.07) is 2.68.